The van der Waals surface area contributed by atoms with Crippen LogP contribution in [-0.2, 0) is 13.0 Å². The van der Waals surface area contributed by atoms with E-state index in [9.17, 15) is 4.79 Å². The van der Waals surface area contributed by atoms with Gasteiger partial charge in [-0.3, -0.25) is 9.78 Å². The molecule has 3 rings (SSSR count). The SMILES string of the molecule is N=Cc1nc(NCc2ccc(Cl)c(Cl)c2)[nH]c(=O)c1CCCCC1CCNCC1. The number of hydrogen-bond donors (Lipinski definition) is 4. The van der Waals surface area contributed by atoms with Crippen molar-refractivity contribution in [3.8, 4) is 0 Å². The van der Waals surface area contributed by atoms with Gasteiger partial charge in [-0.2, -0.15) is 0 Å². The molecule has 0 spiro atoms. The van der Waals surface area contributed by atoms with Gasteiger partial charge in [0.1, 0.15) is 0 Å². The zero-order valence-corrected chi connectivity index (χ0v) is 17.9. The van der Waals surface area contributed by atoms with Gasteiger partial charge in [-0.25, -0.2) is 4.98 Å². The summed E-state index contributed by atoms with van der Waals surface area (Å²) in [5.41, 5.74) is 1.75. The van der Waals surface area contributed by atoms with Crippen LogP contribution in [-0.4, -0.2) is 29.3 Å². The van der Waals surface area contributed by atoms with Crippen molar-refractivity contribution in [3.63, 3.8) is 0 Å². The predicted molar refractivity (Wildman–Crippen MR) is 120 cm³/mol. The molecule has 0 saturated carbocycles. The Hall–Kier alpha value is -1.89. The molecule has 1 fully saturated rings. The molecule has 1 aliphatic rings. The Morgan fingerprint density at radius 1 is 1.21 bits per heavy atom. The molecule has 2 heterocycles. The second-order valence-corrected chi connectivity index (χ2v) is 8.28. The third kappa shape index (κ3) is 6.29. The third-order valence-corrected chi connectivity index (χ3v) is 6.12. The Labute approximate surface area is 180 Å². The van der Waals surface area contributed by atoms with Crippen molar-refractivity contribution in [2.75, 3.05) is 18.4 Å². The van der Waals surface area contributed by atoms with Gasteiger partial charge in [0.2, 0.25) is 5.95 Å². The number of rotatable bonds is 9. The zero-order chi connectivity index (χ0) is 20.6. The maximum Gasteiger partial charge on any atom is 0.256 e. The highest BCUT2D eigenvalue weighted by Gasteiger charge is 2.14. The number of aromatic amines is 1. The maximum atomic E-state index is 12.5. The lowest BCUT2D eigenvalue weighted by atomic mass is 9.92. The van der Waals surface area contributed by atoms with Crippen molar-refractivity contribution in [1.29, 1.82) is 5.41 Å². The largest absolute Gasteiger partial charge is 0.352 e. The van der Waals surface area contributed by atoms with E-state index in [2.05, 4.69) is 20.6 Å². The lowest BCUT2D eigenvalue weighted by Gasteiger charge is -2.22. The van der Waals surface area contributed by atoms with Crippen LogP contribution in [0.1, 0.15) is 48.9 Å². The molecular weight excluding hydrogens is 409 g/mol. The molecule has 6 nitrogen and oxygen atoms in total. The fourth-order valence-corrected chi connectivity index (χ4v) is 4.02. The molecule has 0 amide bonds. The first-order valence-electron chi connectivity index (χ1n) is 10.1. The molecule has 1 aromatic heterocycles. The lowest BCUT2D eigenvalue weighted by molar-refractivity contribution is 0.344. The molecule has 0 atom stereocenters. The van der Waals surface area contributed by atoms with E-state index in [0.717, 1.165) is 43.6 Å². The number of halogens is 2. The Bertz CT molecular complexity index is 893. The van der Waals surface area contributed by atoms with Gasteiger partial charge in [0, 0.05) is 18.3 Å². The Kier molecular flexibility index (Phi) is 8.09. The number of H-pyrrole nitrogens is 1. The molecule has 0 unspecified atom stereocenters. The molecule has 1 saturated heterocycles. The number of anilines is 1. The second-order valence-electron chi connectivity index (χ2n) is 7.46. The molecule has 8 heteroatoms. The van der Waals surface area contributed by atoms with Crippen molar-refractivity contribution in [3.05, 3.63) is 55.4 Å². The van der Waals surface area contributed by atoms with Crippen LogP contribution < -0.4 is 16.2 Å². The van der Waals surface area contributed by atoms with Crippen molar-refractivity contribution >= 4 is 35.4 Å². The van der Waals surface area contributed by atoms with Crippen LogP contribution in [0, 0.1) is 11.3 Å². The average molecular weight is 436 g/mol. The summed E-state index contributed by atoms with van der Waals surface area (Å²) >= 11 is 12.0. The molecule has 4 N–H and O–H groups in total. The van der Waals surface area contributed by atoms with E-state index in [1.807, 2.05) is 6.07 Å². The number of nitrogens with zero attached hydrogens (tertiary/aromatic N) is 1. The van der Waals surface area contributed by atoms with Gasteiger partial charge >= 0.3 is 0 Å². The third-order valence-electron chi connectivity index (χ3n) is 5.38. The molecule has 1 aliphatic heterocycles. The topological polar surface area (TPSA) is 93.7 Å². The lowest BCUT2D eigenvalue weighted by Crippen LogP contribution is -2.27. The highest BCUT2D eigenvalue weighted by Crippen LogP contribution is 2.23. The van der Waals surface area contributed by atoms with E-state index < -0.39 is 0 Å². The highest BCUT2D eigenvalue weighted by atomic mass is 35.5. The minimum Gasteiger partial charge on any atom is -0.352 e. The quantitative estimate of drug-likeness (QED) is 0.346. The summed E-state index contributed by atoms with van der Waals surface area (Å²) in [6, 6.07) is 5.35. The fraction of sp³-hybridized carbons (Fsp3) is 0.476. The highest BCUT2D eigenvalue weighted by molar-refractivity contribution is 6.42. The second kappa shape index (κ2) is 10.8. The van der Waals surface area contributed by atoms with E-state index in [1.54, 1.807) is 12.1 Å². The number of piperidine rings is 1. The number of unbranched alkanes of at least 4 members (excludes halogenated alkanes) is 1. The van der Waals surface area contributed by atoms with E-state index in [1.165, 1.54) is 19.3 Å². The van der Waals surface area contributed by atoms with E-state index in [-0.39, 0.29) is 5.56 Å². The summed E-state index contributed by atoms with van der Waals surface area (Å²) in [5.74, 6) is 1.14. The zero-order valence-electron chi connectivity index (χ0n) is 16.4. The summed E-state index contributed by atoms with van der Waals surface area (Å²) in [6.45, 7) is 2.67. The standard InChI is InChI=1S/C21H27Cl2N5O/c22-17-6-5-15(11-18(17)23)13-26-21-27-19(12-24)16(20(29)28-21)4-2-1-3-14-7-9-25-10-8-14/h5-6,11-12,14,24-25H,1-4,7-10,13H2,(H2,26,27,28,29). The van der Waals surface area contributed by atoms with Crippen LogP contribution in [0.4, 0.5) is 5.95 Å². The fourth-order valence-electron chi connectivity index (χ4n) is 3.70. The molecule has 0 aliphatic carbocycles. The van der Waals surface area contributed by atoms with E-state index >= 15 is 0 Å². The first-order valence-corrected chi connectivity index (χ1v) is 10.8. The first kappa shape index (κ1) is 21.8. The van der Waals surface area contributed by atoms with E-state index in [4.69, 9.17) is 28.6 Å². The first-order chi connectivity index (χ1) is 14.1. The van der Waals surface area contributed by atoms with Crippen LogP contribution >= 0.6 is 23.2 Å². The normalized spacial score (nSPS) is 14.7. The summed E-state index contributed by atoms with van der Waals surface area (Å²) < 4.78 is 0. The van der Waals surface area contributed by atoms with Crippen LogP contribution in [0.25, 0.3) is 0 Å². The maximum absolute atomic E-state index is 12.5. The monoisotopic (exact) mass is 435 g/mol. The van der Waals surface area contributed by atoms with Gasteiger partial charge in [-0.15, -0.1) is 0 Å². The Morgan fingerprint density at radius 2 is 2.00 bits per heavy atom. The molecule has 2 aromatic rings. The number of hydrogen-bond acceptors (Lipinski definition) is 5. The van der Waals surface area contributed by atoms with Crippen LogP contribution in [0.2, 0.25) is 10.0 Å². The molecule has 156 valence electrons. The smallest absolute Gasteiger partial charge is 0.256 e. The molecule has 29 heavy (non-hydrogen) atoms. The van der Waals surface area contributed by atoms with Crippen LogP contribution in [0.3, 0.4) is 0 Å². The molecular formula is C21H27Cl2N5O. The summed E-state index contributed by atoms with van der Waals surface area (Å²) in [4.78, 5) is 19.7. The van der Waals surface area contributed by atoms with E-state index in [0.29, 0.717) is 40.2 Å². The summed E-state index contributed by atoms with van der Waals surface area (Å²) in [5, 5.41) is 15.1. The van der Waals surface area contributed by atoms with Crippen molar-refractivity contribution in [1.82, 2.24) is 15.3 Å². The molecule has 0 bridgehead atoms. The van der Waals surface area contributed by atoms with Gasteiger partial charge in [0.25, 0.3) is 5.56 Å². The average Bonchev–Trinajstić information content (AvgIpc) is 2.73. The van der Waals surface area contributed by atoms with Gasteiger partial charge < -0.3 is 16.0 Å². The number of benzene rings is 1. The minimum atomic E-state index is -0.183. The molecule has 1 aromatic carbocycles. The van der Waals surface area contributed by atoms with Gasteiger partial charge in [-0.05, 0) is 62.4 Å². The van der Waals surface area contributed by atoms with Crippen molar-refractivity contribution in [2.24, 2.45) is 5.92 Å². The number of aromatic nitrogens is 2. The molecule has 0 radical (unpaired) electrons. The van der Waals surface area contributed by atoms with Crippen LogP contribution in [0.15, 0.2) is 23.0 Å². The van der Waals surface area contributed by atoms with Gasteiger partial charge in [0.15, 0.2) is 0 Å². The minimum absolute atomic E-state index is 0.183. The van der Waals surface area contributed by atoms with Crippen molar-refractivity contribution < 1.29 is 0 Å². The Balaban J connectivity index is 1.57. The Morgan fingerprint density at radius 3 is 2.72 bits per heavy atom. The number of nitrogens with one attached hydrogen (secondary N) is 4. The van der Waals surface area contributed by atoms with Crippen LogP contribution in [0.5, 0.6) is 0 Å². The van der Waals surface area contributed by atoms with Crippen molar-refractivity contribution in [2.45, 2.75) is 45.1 Å². The summed E-state index contributed by atoms with van der Waals surface area (Å²) in [6.07, 6.45) is 7.52. The van der Waals surface area contributed by atoms with Gasteiger partial charge in [-0.1, -0.05) is 42.1 Å². The van der Waals surface area contributed by atoms with Gasteiger partial charge in [0.05, 0.1) is 15.7 Å². The predicted octanol–water partition coefficient (Wildman–Crippen LogP) is 4.40. The summed E-state index contributed by atoms with van der Waals surface area (Å²) in [7, 11) is 0.